The molecule has 10 heteroatoms. The van der Waals surface area contributed by atoms with Crippen molar-refractivity contribution in [3.05, 3.63) is 20.2 Å². The van der Waals surface area contributed by atoms with Gasteiger partial charge in [0.2, 0.25) is 0 Å². The van der Waals surface area contributed by atoms with Crippen LogP contribution in [-0.4, -0.2) is 47.1 Å². The van der Waals surface area contributed by atoms with Crippen molar-refractivity contribution in [1.82, 2.24) is 15.6 Å². The minimum absolute atomic E-state index is 0.0466. The van der Waals surface area contributed by atoms with Crippen LogP contribution < -0.4 is 10.7 Å². The second-order valence-electron chi connectivity index (χ2n) is 2.93. The van der Waals surface area contributed by atoms with Gasteiger partial charge in [0.25, 0.3) is 5.96 Å². The molecule has 17 heavy (non-hydrogen) atoms. The van der Waals surface area contributed by atoms with Gasteiger partial charge < -0.3 is 10.2 Å². The molecule has 0 saturated heterocycles. The van der Waals surface area contributed by atoms with E-state index in [9.17, 15) is 20.2 Å². The summed E-state index contributed by atoms with van der Waals surface area (Å²) in [5.74, 6) is 0.102. The highest BCUT2D eigenvalue weighted by Crippen LogP contribution is 1.89. The summed E-state index contributed by atoms with van der Waals surface area (Å²) < 4.78 is 0. The number of hydrogen-bond acceptors (Lipinski definition) is 4. The van der Waals surface area contributed by atoms with Gasteiger partial charge >= 0.3 is 0 Å². The molecule has 10 nitrogen and oxygen atoms in total. The van der Waals surface area contributed by atoms with E-state index in [0.717, 1.165) is 0 Å². The van der Waals surface area contributed by atoms with Gasteiger partial charge in [0.1, 0.15) is 5.10 Å². The molecule has 2 N–H and O–H groups in total. The molecule has 0 unspecified atom stereocenters. The summed E-state index contributed by atoms with van der Waals surface area (Å²) in [4.78, 5) is 21.9. The summed E-state index contributed by atoms with van der Waals surface area (Å²) in [6.07, 6.45) is 0. The molecule has 0 aromatic rings. The summed E-state index contributed by atoms with van der Waals surface area (Å²) in [7, 11) is 0. The normalized spacial score (nSPS) is 10.8. The second-order valence-corrected chi connectivity index (χ2v) is 2.93. The van der Waals surface area contributed by atoms with Crippen LogP contribution in [0, 0.1) is 20.2 Å². The van der Waals surface area contributed by atoms with Crippen molar-refractivity contribution in [3.63, 3.8) is 0 Å². The standard InChI is InChI=1S/C7H16N6O4/c1-3-11(4-2)7(10-13(16)17)8-5-6-9-12(14)15/h9H,3-6H2,1-2H3,(H,8,10). The van der Waals surface area contributed by atoms with E-state index in [4.69, 9.17) is 0 Å². The lowest BCUT2D eigenvalue weighted by molar-refractivity contribution is -0.543. The van der Waals surface area contributed by atoms with Crippen LogP contribution in [0.2, 0.25) is 0 Å². The van der Waals surface area contributed by atoms with Crippen molar-refractivity contribution in [1.29, 1.82) is 0 Å². The van der Waals surface area contributed by atoms with Gasteiger partial charge in [-0.05, 0) is 13.8 Å². The molecule has 0 heterocycles. The molecule has 0 aromatic heterocycles. The lowest BCUT2D eigenvalue weighted by Crippen LogP contribution is -2.44. The predicted octanol–water partition coefficient (Wildman–Crippen LogP) is -0.753. The SMILES string of the molecule is CCN(CC)/C(=N\[N+](=O)[O-])NCCN[N+](=O)[O-]. The number of nitrogens with one attached hydrogen (secondary N) is 2. The van der Waals surface area contributed by atoms with Crippen LogP contribution in [0.25, 0.3) is 0 Å². The smallest absolute Gasteiger partial charge is 0.271 e. The zero-order chi connectivity index (χ0) is 13.3. The number of hydrazine groups is 1. The lowest BCUT2D eigenvalue weighted by atomic mass is 10.5. The number of hydrazone groups is 1. The van der Waals surface area contributed by atoms with E-state index >= 15 is 0 Å². The average molecular weight is 248 g/mol. The van der Waals surface area contributed by atoms with Crippen LogP contribution >= 0.6 is 0 Å². The summed E-state index contributed by atoms with van der Waals surface area (Å²) in [6.45, 7) is 4.98. The maximum atomic E-state index is 10.3. The van der Waals surface area contributed by atoms with E-state index < -0.39 is 10.1 Å². The molecule has 0 amide bonds. The first kappa shape index (κ1) is 14.9. The number of rotatable bonds is 7. The molecule has 98 valence electrons. The van der Waals surface area contributed by atoms with Crippen molar-refractivity contribution in [2.24, 2.45) is 5.10 Å². The Morgan fingerprint density at radius 1 is 1.24 bits per heavy atom. The molecule has 0 aliphatic rings. The van der Waals surface area contributed by atoms with E-state index in [-0.39, 0.29) is 19.0 Å². The summed E-state index contributed by atoms with van der Waals surface area (Å²) in [5, 5.41) is 24.7. The Bertz CT molecular complexity index is 290. The Hall–Kier alpha value is -2.13. The van der Waals surface area contributed by atoms with Crippen molar-refractivity contribution in [3.8, 4) is 0 Å². The van der Waals surface area contributed by atoms with Crippen LogP contribution in [0.5, 0.6) is 0 Å². The first-order chi connectivity index (χ1) is 8.01. The maximum absolute atomic E-state index is 10.3. The Balaban J connectivity index is 4.30. The lowest BCUT2D eigenvalue weighted by Gasteiger charge is -2.20. The minimum Gasteiger partial charge on any atom is -0.349 e. The fraction of sp³-hybridized carbons (Fsp3) is 0.857. The molecular weight excluding hydrogens is 232 g/mol. The van der Waals surface area contributed by atoms with Gasteiger partial charge in [-0.3, -0.25) is 0 Å². The van der Waals surface area contributed by atoms with Crippen LogP contribution in [-0.2, 0) is 0 Å². The highest BCUT2D eigenvalue weighted by molar-refractivity contribution is 5.79. The van der Waals surface area contributed by atoms with Gasteiger partial charge in [0, 0.05) is 19.6 Å². The molecule has 0 fully saturated rings. The van der Waals surface area contributed by atoms with Crippen LogP contribution in [0.4, 0.5) is 0 Å². The molecule has 0 atom stereocenters. The molecule has 0 bridgehead atoms. The van der Waals surface area contributed by atoms with Crippen molar-refractivity contribution in [2.75, 3.05) is 26.2 Å². The Labute approximate surface area is 97.9 Å². The average Bonchev–Trinajstić information content (AvgIpc) is 2.24. The third-order valence-electron chi connectivity index (χ3n) is 1.89. The van der Waals surface area contributed by atoms with Crippen LogP contribution in [0.15, 0.2) is 5.10 Å². The molecule has 0 aliphatic carbocycles. The summed E-state index contributed by atoms with van der Waals surface area (Å²) in [6, 6.07) is 0. The fourth-order valence-corrected chi connectivity index (χ4v) is 1.13. The van der Waals surface area contributed by atoms with E-state index in [0.29, 0.717) is 13.1 Å². The van der Waals surface area contributed by atoms with E-state index in [2.05, 4.69) is 10.4 Å². The first-order valence-corrected chi connectivity index (χ1v) is 5.10. The van der Waals surface area contributed by atoms with Gasteiger partial charge in [0.15, 0.2) is 10.1 Å². The topological polar surface area (TPSA) is 126 Å². The maximum Gasteiger partial charge on any atom is 0.271 e. The molecule has 0 spiro atoms. The third-order valence-corrected chi connectivity index (χ3v) is 1.89. The first-order valence-electron chi connectivity index (χ1n) is 5.10. The van der Waals surface area contributed by atoms with Crippen molar-refractivity contribution >= 4 is 5.96 Å². The van der Waals surface area contributed by atoms with E-state index in [1.54, 1.807) is 4.90 Å². The Kier molecular flexibility index (Phi) is 7.06. The fourth-order valence-electron chi connectivity index (χ4n) is 1.13. The number of hydrogen-bond donors (Lipinski definition) is 2. The highest BCUT2D eigenvalue weighted by Gasteiger charge is 2.11. The van der Waals surface area contributed by atoms with E-state index in [1.807, 2.05) is 19.3 Å². The monoisotopic (exact) mass is 248 g/mol. The van der Waals surface area contributed by atoms with Crippen LogP contribution in [0.3, 0.4) is 0 Å². The van der Waals surface area contributed by atoms with Gasteiger partial charge in [-0.25, -0.2) is 20.2 Å². The summed E-state index contributed by atoms with van der Waals surface area (Å²) in [5.41, 5.74) is 1.95. The third kappa shape index (κ3) is 6.87. The van der Waals surface area contributed by atoms with Crippen LogP contribution in [0.1, 0.15) is 13.8 Å². The number of guanidine groups is 1. The van der Waals surface area contributed by atoms with Gasteiger partial charge in [0.05, 0.1) is 6.54 Å². The quantitative estimate of drug-likeness (QED) is 0.199. The number of nitrogens with zero attached hydrogens (tertiary/aromatic N) is 4. The zero-order valence-corrected chi connectivity index (χ0v) is 9.75. The van der Waals surface area contributed by atoms with E-state index in [1.165, 1.54) is 0 Å². The van der Waals surface area contributed by atoms with Crippen molar-refractivity contribution in [2.45, 2.75) is 13.8 Å². The van der Waals surface area contributed by atoms with Gasteiger partial charge in [-0.2, -0.15) is 0 Å². The zero-order valence-electron chi connectivity index (χ0n) is 9.75. The predicted molar refractivity (Wildman–Crippen MR) is 60.4 cm³/mol. The molecule has 0 aromatic carbocycles. The minimum atomic E-state index is -0.804. The van der Waals surface area contributed by atoms with Gasteiger partial charge in [-0.15, -0.1) is 5.43 Å². The second kappa shape index (κ2) is 8.07. The van der Waals surface area contributed by atoms with Crippen molar-refractivity contribution < 1.29 is 10.1 Å². The molecule has 0 aliphatic heterocycles. The number of nitro groups is 2. The molecule has 0 rings (SSSR count). The molecular formula is C7H16N6O4. The Morgan fingerprint density at radius 3 is 2.24 bits per heavy atom. The van der Waals surface area contributed by atoms with Gasteiger partial charge in [-0.1, -0.05) is 0 Å². The summed E-state index contributed by atoms with van der Waals surface area (Å²) >= 11 is 0. The Morgan fingerprint density at radius 2 is 1.82 bits per heavy atom. The highest BCUT2D eigenvalue weighted by atomic mass is 16.7. The molecule has 0 saturated carbocycles. The molecule has 0 radical (unpaired) electrons. The largest absolute Gasteiger partial charge is 0.349 e.